The largest absolute Gasteiger partial charge is 0.368 e. The molecule has 2 aliphatic heterocycles. The molecule has 0 spiro atoms. The molecule has 0 radical (unpaired) electrons. The van der Waals surface area contributed by atoms with Gasteiger partial charge in [-0.15, -0.1) is 0 Å². The number of amides is 3. The number of benzene rings is 1. The molecule has 2 fully saturated rings. The first-order chi connectivity index (χ1) is 13.1. The zero-order valence-electron chi connectivity index (χ0n) is 15.4. The van der Waals surface area contributed by atoms with Crippen molar-refractivity contribution in [2.45, 2.75) is 6.92 Å². The molecule has 1 aromatic rings. The second kappa shape index (κ2) is 8.70. The van der Waals surface area contributed by atoms with Gasteiger partial charge in [-0.05, 0) is 31.2 Å². The maximum absolute atomic E-state index is 13.1. The molecule has 9 heteroatoms. The summed E-state index contributed by atoms with van der Waals surface area (Å²) < 4.78 is 13.1. The van der Waals surface area contributed by atoms with Crippen LogP contribution in [0, 0.1) is 5.82 Å². The van der Waals surface area contributed by atoms with Crippen molar-refractivity contribution in [2.75, 3.05) is 57.3 Å². The van der Waals surface area contributed by atoms with Gasteiger partial charge in [0.1, 0.15) is 5.82 Å². The highest BCUT2D eigenvalue weighted by molar-refractivity contribution is 6.01. The van der Waals surface area contributed by atoms with Gasteiger partial charge in [0.15, 0.2) is 5.96 Å². The van der Waals surface area contributed by atoms with Gasteiger partial charge in [-0.1, -0.05) is 0 Å². The van der Waals surface area contributed by atoms with E-state index in [9.17, 15) is 14.0 Å². The molecule has 0 aliphatic carbocycles. The number of hydrogen-bond acceptors (Lipinski definition) is 4. The number of carbonyl (C=O) groups is 2. The lowest BCUT2D eigenvalue weighted by molar-refractivity contribution is -0.124. The number of aliphatic imine (C=N–C) groups is 1. The molecule has 3 rings (SSSR count). The molecule has 0 aromatic heterocycles. The molecule has 0 saturated carbocycles. The summed E-state index contributed by atoms with van der Waals surface area (Å²) in [6.07, 6.45) is 0. The fourth-order valence-corrected chi connectivity index (χ4v) is 3.19. The third-order valence-electron chi connectivity index (χ3n) is 4.63. The van der Waals surface area contributed by atoms with E-state index in [1.165, 1.54) is 17.0 Å². The lowest BCUT2D eigenvalue weighted by atomic mass is 10.2. The van der Waals surface area contributed by atoms with Crippen LogP contribution in [-0.2, 0) is 4.79 Å². The Balaban J connectivity index is 1.55. The van der Waals surface area contributed by atoms with E-state index in [0.717, 1.165) is 44.4 Å². The predicted octanol–water partition coefficient (Wildman–Crippen LogP) is 0.465. The highest BCUT2D eigenvalue weighted by Gasteiger charge is 2.27. The molecule has 2 aliphatic rings. The van der Waals surface area contributed by atoms with Crippen molar-refractivity contribution in [3.63, 3.8) is 0 Å². The number of piperazine rings is 1. The number of carbonyl (C=O) groups excluding carboxylic acids is 2. The third-order valence-corrected chi connectivity index (χ3v) is 4.63. The number of rotatable bonds is 5. The first-order valence-corrected chi connectivity index (χ1v) is 9.20. The Bertz CT molecular complexity index is 684. The van der Waals surface area contributed by atoms with E-state index in [-0.39, 0.29) is 30.8 Å². The number of imide groups is 1. The number of nitrogens with zero attached hydrogens (tertiary/aromatic N) is 4. The number of hydrogen-bond donors (Lipinski definition) is 2. The van der Waals surface area contributed by atoms with Crippen molar-refractivity contribution < 1.29 is 14.0 Å². The molecule has 0 unspecified atom stereocenters. The van der Waals surface area contributed by atoms with Crippen molar-refractivity contribution in [3.8, 4) is 0 Å². The summed E-state index contributed by atoms with van der Waals surface area (Å²) in [7, 11) is 0. The van der Waals surface area contributed by atoms with Crippen LogP contribution < -0.4 is 15.5 Å². The first kappa shape index (κ1) is 18.9. The Morgan fingerprint density at radius 2 is 1.89 bits per heavy atom. The molecule has 146 valence electrons. The molecule has 2 heterocycles. The standard InChI is InChI=1S/C18H25FN6O2/c1-2-20-17(21-7-8-25-16(26)13-22-18(25)27)24-11-9-23(10-12-24)15-5-3-14(19)4-6-15/h3-6H,2,7-13H2,1H3,(H,20,21)(H,22,27). The van der Waals surface area contributed by atoms with Crippen molar-refractivity contribution in [1.82, 2.24) is 20.4 Å². The Morgan fingerprint density at radius 3 is 2.48 bits per heavy atom. The fourth-order valence-electron chi connectivity index (χ4n) is 3.19. The SMILES string of the molecule is CCNC(=NCCN1C(=O)CNC1=O)N1CCN(c2ccc(F)cc2)CC1. The molecule has 0 bridgehead atoms. The van der Waals surface area contributed by atoms with E-state index in [1.54, 1.807) is 12.1 Å². The zero-order chi connectivity index (χ0) is 19.2. The maximum Gasteiger partial charge on any atom is 0.324 e. The van der Waals surface area contributed by atoms with Gasteiger partial charge in [0.05, 0.1) is 19.6 Å². The molecule has 8 nitrogen and oxygen atoms in total. The van der Waals surface area contributed by atoms with Gasteiger partial charge < -0.3 is 20.4 Å². The van der Waals surface area contributed by atoms with E-state index >= 15 is 0 Å². The normalized spacial score (nSPS) is 18.1. The van der Waals surface area contributed by atoms with E-state index in [0.29, 0.717) is 6.54 Å². The minimum atomic E-state index is -0.354. The summed E-state index contributed by atoms with van der Waals surface area (Å²) in [5, 5.41) is 5.77. The quantitative estimate of drug-likeness (QED) is 0.444. The molecule has 2 N–H and O–H groups in total. The Labute approximate surface area is 158 Å². The summed E-state index contributed by atoms with van der Waals surface area (Å²) in [4.78, 5) is 33.3. The van der Waals surface area contributed by atoms with Crippen LogP contribution in [0.3, 0.4) is 0 Å². The van der Waals surface area contributed by atoms with Crippen LogP contribution in [0.1, 0.15) is 6.92 Å². The first-order valence-electron chi connectivity index (χ1n) is 9.20. The molecule has 1 aromatic carbocycles. The Kier molecular flexibility index (Phi) is 6.10. The average molecular weight is 376 g/mol. The van der Waals surface area contributed by atoms with Gasteiger partial charge in [0.25, 0.3) is 0 Å². The third kappa shape index (κ3) is 4.66. The van der Waals surface area contributed by atoms with Gasteiger partial charge in [-0.2, -0.15) is 0 Å². The van der Waals surface area contributed by atoms with E-state index < -0.39 is 0 Å². The molecular formula is C18H25FN6O2. The van der Waals surface area contributed by atoms with Gasteiger partial charge in [0, 0.05) is 38.4 Å². The minimum Gasteiger partial charge on any atom is -0.368 e. The minimum absolute atomic E-state index is 0.0635. The highest BCUT2D eigenvalue weighted by atomic mass is 19.1. The average Bonchev–Trinajstić information content (AvgIpc) is 3.00. The van der Waals surface area contributed by atoms with Crippen LogP contribution in [0.2, 0.25) is 0 Å². The molecule has 0 atom stereocenters. The summed E-state index contributed by atoms with van der Waals surface area (Å²) in [5.74, 6) is 0.334. The smallest absolute Gasteiger partial charge is 0.324 e. The van der Waals surface area contributed by atoms with Gasteiger partial charge in [-0.25, -0.2) is 9.18 Å². The topological polar surface area (TPSA) is 80.3 Å². The summed E-state index contributed by atoms with van der Waals surface area (Å²) in [6.45, 7) is 6.62. The van der Waals surface area contributed by atoms with Crippen molar-refractivity contribution in [3.05, 3.63) is 30.1 Å². The molecular weight excluding hydrogens is 351 g/mol. The van der Waals surface area contributed by atoms with E-state index in [4.69, 9.17) is 0 Å². The monoisotopic (exact) mass is 376 g/mol. The van der Waals surface area contributed by atoms with Crippen LogP contribution in [-0.4, -0.2) is 80.1 Å². The number of urea groups is 1. The summed E-state index contributed by atoms with van der Waals surface area (Å²) in [5.41, 5.74) is 1.01. The lowest BCUT2D eigenvalue weighted by Crippen LogP contribution is -2.52. The Hall–Kier alpha value is -2.84. The second-order valence-corrected chi connectivity index (χ2v) is 6.39. The van der Waals surface area contributed by atoms with E-state index in [1.807, 2.05) is 6.92 Å². The zero-order valence-corrected chi connectivity index (χ0v) is 15.4. The number of halogens is 1. The molecule has 2 saturated heterocycles. The lowest BCUT2D eigenvalue weighted by Gasteiger charge is -2.37. The van der Waals surface area contributed by atoms with Crippen molar-refractivity contribution in [1.29, 1.82) is 0 Å². The highest BCUT2D eigenvalue weighted by Crippen LogP contribution is 2.17. The maximum atomic E-state index is 13.1. The van der Waals surface area contributed by atoms with Crippen LogP contribution in [0.5, 0.6) is 0 Å². The van der Waals surface area contributed by atoms with Crippen molar-refractivity contribution >= 4 is 23.6 Å². The van der Waals surface area contributed by atoms with Crippen LogP contribution >= 0.6 is 0 Å². The van der Waals surface area contributed by atoms with Crippen LogP contribution in [0.15, 0.2) is 29.3 Å². The van der Waals surface area contributed by atoms with Gasteiger partial charge >= 0.3 is 6.03 Å². The fraction of sp³-hybridized carbons (Fsp3) is 0.500. The van der Waals surface area contributed by atoms with E-state index in [2.05, 4.69) is 25.4 Å². The van der Waals surface area contributed by atoms with Crippen LogP contribution in [0.25, 0.3) is 0 Å². The summed E-state index contributed by atoms with van der Waals surface area (Å²) >= 11 is 0. The van der Waals surface area contributed by atoms with Crippen molar-refractivity contribution in [2.24, 2.45) is 4.99 Å². The number of guanidine groups is 1. The Morgan fingerprint density at radius 1 is 1.19 bits per heavy atom. The van der Waals surface area contributed by atoms with Crippen LogP contribution in [0.4, 0.5) is 14.9 Å². The molecule has 3 amide bonds. The number of nitrogens with one attached hydrogen (secondary N) is 2. The number of anilines is 1. The molecule has 27 heavy (non-hydrogen) atoms. The van der Waals surface area contributed by atoms with Gasteiger partial charge in [0.2, 0.25) is 5.91 Å². The summed E-state index contributed by atoms with van der Waals surface area (Å²) in [6, 6.07) is 6.18. The predicted molar refractivity (Wildman–Crippen MR) is 101 cm³/mol. The van der Waals surface area contributed by atoms with Gasteiger partial charge in [-0.3, -0.25) is 14.7 Å². The second-order valence-electron chi connectivity index (χ2n) is 6.39.